The van der Waals surface area contributed by atoms with E-state index in [0.29, 0.717) is 49.2 Å². The lowest BCUT2D eigenvalue weighted by Crippen LogP contribution is -2.51. The number of likely N-dealkylation sites (N-methyl/N-ethyl adjacent to an activating group) is 1. The zero-order chi connectivity index (χ0) is 35.3. The summed E-state index contributed by atoms with van der Waals surface area (Å²) < 4.78 is 48.2. The Morgan fingerprint density at radius 2 is 1.88 bits per heavy atom. The van der Waals surface area contributed by atoms with Crippen molar-refractivity contribution in [3.63, 3.8) is 0 Å². The van der Waals surface area contributed by atoms with Gasteiger partial charge in [-0.1, -0.05) is 23.7 Å². The fraction of sp³-hybridized carbons (Fsp3) is 0.568. The van der Waals surface area contributed by atoms with Crippen LogP contribution in [0.5, 0.6) is 5.75 Å². The number of amides is 2. The van der Waals surface area contributed by atoms with Gasteiger partial charge in [0.1, 0.15) is 17.5 Å². The van der Waals surface area contributed by atoms with Gasteiger partial charge in [0.05, 0.1) is 23.8 Å². The molecule has 2 aliphatic carbocycles. The maximum Gasteiger partial charge on any atom is 0.410 e. The Balaban J connectivity index is 1.27. The van der Waals surface area contributed by atoms with Crippen LogP contribution in [0.2, 0.25) is 5.02 Å². The number of nitrogens with zero attached hydrogens (tertiary/aromatic N) is 3. The van der Waals surface area contributed by atoms with Crippen LogP contribution >= 0.6 is 11.6 Å². The predicted molar refractivity (Wildman–Crippen MR) is 190 cm³/mol. The molecule has 2 bridgehead atoms. The first-order valence-corrected chi connectivity index (χ1v) is 19.5. The van der Waals surface area contributed by atoms with Gasteiger partial charge in [0.15, 0.2) is 0 Å². The number of hydrogen-bond donors (Lipinski definition) is 1. The topological polar surface area (TPSA) is 118 Å². The summed E-state index contributed by atoms with van der Waals surface area (Å²) >= 11 is 6.44. The van der Waals surface area contributed by atoms with Gasteiger partial charge in [0, 0.05) is 55.6 Å². The van der Waals surface area contributed by atoms with Crippen LogP contribution in [0.25, 0.3) is 0 Å². The fourth-order valence-corrected chi connectivity index (χ4v) is 9.38. The zero-order valence-corrected chi connectivity index (χ0v) is 30.6. The molecule has 1 spiro atoms. The van der Waals surface area contributed by atoms with Gasteiger partial charge in [-0.2, -0.15) is 0 Å². The van der Waals surface area contributed by atoms with E-state index >= 15 is 0 Å². The second-order valence-electron chi connectivity index (χ2n) is 15.1. The number of carbonyl (C=O) groups excluding carboxylic acids is 2. The van der Waals surface area contributed by atoms with Crippen LogP contribution in [0, 0.1) is 11.8 Å². The van der Waals surface area contributed by atoms with E-state index in [1.165, 1.54) is 31.0 Å². The van der Waals surface area contributed by atoms with Crippen molar-refractivity contribution in [3.8, 4) is 5.75 Å². The summed E-state index contributed by atoms with van der Waals surface area (Å²) in [5.41, 5.74) is 1.28. The Hall–Kier alpha value is -3.32. The maximum absolute atomic E-state index is 13.7. The molecule has 1 N–H and O–H groups in total. The summed E-state index contributed by atoms with van der Waals surface area (Å²) in [6.45, 7) is 7.54. The van der Waals surface area contributed by atoms with E-state index in [4.69, 9.17) is 25.8 Å². The molecular weight excluding hydrogens is 680 g/mol. The minimum Gasteiger partial charge on any atom is -0.490 e. The third-order valence-corrected chi connectivity index (χ3v) is 12.9. The molecule has 13 heteroatoms. The van der Waals surface area contributed by atoms with Gasteiger partial charge in [-0.25, -0.2) is 17.9 Å². The van der Waals surface area contributed by atoms with E-state index in [1.807, 2.05) is 19.2 Å². The lowest BCUT2D eigenvalue weighted by Gasteiger charge is -2.46. The van der Waals surface area contributed by atoms with Crippen LogP contribution in [-0.4, -0.2) is 101 Å². The van der Waals surface area contributed by atoms with Gasteiger partial charge < -0.3 is 28.9 Å². The molecule has 7 rings (SSSR count). The summed E-state index contributed by atoms with van der Waals surface area (Å²) in [6, 6.07) is 10.9. The number of piperazine rings is 1. The Kier molecular flexibility index (Phi) is 9.59. The molecule has 0 unspecified atom stereocenters. The number of carbonyl (C=O) groups is 2. The number of nitrogens with one attached hydrogen (secondary N) is 1. The summed E-state index contributed by atoms with van der Waals surface area (Å²) in [6.07, 6.45) is 7.46. The van der Waals surface area contributed by atoms with E-state index < -0.39 is 27.6 Å². The van der Waals surface area contributed by atoms with Crippen LogP contribution in [-0.2, 0) is 36.1 Å². The second-order valence-corrected chi connectivity index (χ2v) is 17.2. The smallest absolute Gasteiger partial charge is 0.410 e. The molecule has 3 aliphatic heterocycles. The van der Waals surface area contributed by atoms with E-state index in [0.717, 1.165) is 45.2 Å². The highest BCUT2D eigenvalue weighted by molar-refractivity contribution is 7.90. The molecule has 1 saturated carbocycles. The van der Waals surface area contributed by atoms with Crippen LogP contribution < -0.4 is 14.4 Å². The lowest BCUT2D eigenvalue weighted by molar-refractivity contribution is -0.139. The number of rotatable bonds is 1. The van der Waals surface area contributed by atoms with Gasteiger partial charge in [-0.3, -0.25) is 4.79 Å². The molecule has 3 heterocycles. The van der Waals surface area contributed by atoms with E-state index in [9.17, 15) is 18.0 Å². The number of hydrogen-bond acceptors (Lipinski definition) is 9. The van der Waals surface area contributed by atoms with E-state index in [1.54, 1.807) is 23.1 Å². The summed E-state index contributed by atoms with van der Waals surface area (Å²) in [5.74, 6) is 0.00710. The number of ether oxygens (including phenoxy) is 3. The molecule has 0 aromatic heterocycles. The van der Waals surface area contributed by atoms with Crippen molar-refractivity contribution in [2.24, 2.45) is 11.8 Å². The van der Waals surface area contributed by atoms with Gasteiger partial charge >= 0.3 is 6.09 Å². The van der Waals surface area contributed by atoms with Crippen molar-refractivity contribution in [1.82, 2.24) is 14.5 Å². The largest absolute Gasteiger partial charge is 0.490 e. The molecule has 50 heavy (non-hydrogen) atoms. The highest BCUT2D eigenvalue weighted by Gasteiger charge is 2.45. The Bertz CT molecular complexity index is 1780. The Morgan fingerprint density at radius 1 is 1.08 bits per heavy atom. The molecule has 5 aliphatic rings. The third kappa shape index (κ3) is 6.96. The molecule has 4 atom stereocenters. The molecule has 0 radical (unpaired) electrons. The lowest BCUT2D eigenvalue weighted by atomic mass is 9.68. The number of aryl methyl sites for hydroxylation is 1. The van der Waals surface area contributed by atoms with Crippen molar-refractivity contribution >= 4 is 39.3 Å². The Morgan fingerprint density at radius 3 is 2.64 bits per heavy atom. The first kappa shape index (κ1) is 35.1. The van der Waals surface area contributed by atoms with Crippen molar-refractivity contribution in [2.45, 2.75) is 68.0 Å². The van der Waals surface area contributed by atoms with Crippen LogP contribution in [0.15, 0.2) is 53.4 Å². The minimum atomic E-state index is -4.24. The highest BCUT2D eigenvalue weighted by atomic mass is 35.5. The summed E-state index contributed by atoms with van der Waals surface area (Å²) in [4.78, 5) is 33.0. The first-order chi connectivity index (χ1) is 23.8. The maximum atomic E-state index is 13.7. The normalized spacial score (nSPS) is 30.1. The molecule has 2 aromatic carbocycles. The molecule has 2 fully saturated rings. The van der Waals surface area contributed by atoms with Gasteiger partial charge in [0.25, 0.3) is 15.9 Å². The van der Waals surface area contributed by atoms with Gasteiger partial charge in [-0.15, -0.1) is 0 Å². The molecule has 270 valence electrons. The average Bonchev–Trinajstić information content (AvgIpc) is 3.21. The van der Waals surface area contributed by atoms with Crippen LogP contribution in [0.4, 0.5) is 10.5 Å². The van der Waals surface area contributed by atoms with Crippen molar-refractivity contribution in [2.75, 3.05) is 64.4 Å². The summed E-state index contributed by atoms with van der Waals surface area (Å²) in [7, 11) is -2.19. The number of anilines is 1. The Labute approximate surface area is 299 Å². The summed E-state index contributed by atoms with van der Waals surface area (Å²) in [5, 5.41) is 0.705. The predicted octanol–water partition coefficient (Wildman–Crippen LogP) is 4.76. The molecule has 1 saturated heterocycles. The highest BCUT2D eigenvalue weighted by Crippen LogP contribution is 2.47. The van der Waals surface area contributed by atoms with Crippen LogP contribution in [0.3, 0.4) is 0 Å². The number of fused-ring (bicyclic) bond motifs is 4. The molecule has 2 aromatic rings. The number of benzene rings is 2. The standard InChI is InChI=1S/C37H47ClN4O7S/c1-36(2)34(43)39-50(45,46)28-10-13-33-31(21-28)42(23-37(24-47-33)14-4-6-25-20-27(38)9-12-30(25)37)22-26-8-11-29(26)32(7-5-19-48-36)49-35(44)41-17-15-40(3)16-18-41/h5,7,9-10,12-13,20-21,26,29,32H,4,6,8,11,14-19,22-24H2,1-3H3,(H,39,43)/b7-5+/t26-,29+,32-,37-/m0/s1. The SMILES string of the molecule is CN1CCN(C(=O)O[C@H]2/C=C/COC(C)(C)C(=O)NS(=O)(=O)c3ccc4c(c3)N(C[C@@H]3CC[C@H]32)C[C@@]2(CCCc3cc(Cl)ccc32)CO4)CC1. The minimum absolute atomic E-state index is 0.0306. The monoisotopic (exact) mass is 726 g/mol. The van der Waals surface area contributed by atoms with Gasteiger partial charge in [0.2, 0.25) is 0 Å². The average molecular weight is 727 g/mol. The third-order valence-electron chi connectivity index (χ3n) is 11.3. The molecular formula is C37H47ClN4O7S. The van der Waals surface area contributed by atoms with Crippen LogP contribution in [0.1, 0.15) is 50.7 Å². The zero-order valence-electron chi connectivity index (χ0n) is 29.0. The quantitative estimate of drug-likeness (QED) is 0.415. The number of sulfonamides is 1. The fourth-order valence-electron chi connectivity index (χ4n) is 8.06. The number of halogens is 1. The van der Waals surface area contributed by atoms with Crippen molar-refractivity contribution in [3.05, 3.63) is 64.7 Å². The van der Waals surface area contributed by atoms with Gasteiger partial charge in [-0.05, 0) is 106 Å². The molecule has 11 nitrogen and oxygen atoms in total. The second kappa shape index (κ2) is 13.7. The van der Waals surface area contributed by atoms with E-state index in [2.05, 4.69) is 26.7 Å². The van der Waals surface area contributed by atoms with Crippen molar-refractivity contribution < 1.29 is 32.2 Å². The molecule has 2 amide bonds. The van der Waals surface area contributed by atoms with E-state index in [-0.39, 0.29) is 34.8 Å². The van der Waals surface area contributed by atoms with Crippen molar-refractivity contribution in [1.29, 1.82) is 0 Å². The first-order valence-electron chi connectivity index (χ1n) is 17.7.